The minimum Gasteiger partial charge on any atom is -0.507 e. The number of rotatable bonds is 4. The molecule has 0 saturated carbocycles. The third-order valence-corrected chi connectivity index (χ3v) is 5.55. The first-order chi connectivity index (χ1) is 15.6. The normalized spacial score (nSPS) is 19.2. The van der Waals surface area contributed by atoms with Gasteiger partial charge in [-0.1, -0.05) is 36.4 Å². The number of aliphatic hydroxyl groups excluding tert-OH is 1. The molecule has 2 aromatic carbocycles. The van der Waals surface area contributed by atoms with Gasteiger partial charge in [0.25, 0.3) is 11.7 Å². The number of hydrogen-bond donors (Lipinski definition) is 1. The van der Waals surface area contributed by atoms with Crippen molar-refractivity contribution < 1.29 is 24.2 Å². The number of aliphatic hydroxyl groups is 1. The minimum atomic E-state index is -0.767. The summed E-state index contributed by atoms with van der Waals surface area (Å²) in [5, 5.41) is 11.2. The largest absolute Gasteiger partial charge is 0.507 e. The van der Waals surface area contributed by atoms with E-state index in [1.165, 1.54) is 4.90 Å². The lowest BCUT2D eigenvalue weighted by molar-refractivity contribution is -0.140. The number of ketones is 1. The third kappa shape index (κ3) is 3.47. The molecule has 1 aromatic heterocycles. The second kappa shape index (κ2) is 8.19. The number of fused-ring (bicyclic) bond motifs is 1. The fourth-order valence-corrected chi connectivity index (χ4v) is 4.05. The lowest BCUT2D eigenvalue weighted by atomic mass is 9.96. The van der Waals surface area contributed by atoms with Gasteiger partial charge in [0.15, 0.2) is 11.5 Å². The Labute approximate surface area is 184 Å². The Balaban J connectivity index is 1.62. The molecule has 0 radical (unpaired) electrons. The van der Waals surface area contributed by atoms with Gasteiger partial charge in [-0.25, -0.2) is 0 Å². The molecular weight excluding hydrogens is 408 g/mol. The van der Waals surface area contributed by atoms with Crippen LogP contribution in [0.4, 0.5) is 0 Å². The van der Waals surface area contributed by atoms with Crippen molar-refractivity contribution >= 4 is 17.4 Å². The van der Waals surface area contributed by atoms with Crippen molar-refractivity contribution in [2.24, 2.45) is 0 Å². The number of carbonyl (C=O) groups excluding carboxylic acids is 2. The number of ether oxygens (including phenoxy) is 2. The quantitative estimate of drug-likeness (QED) is 0.389. The van der Waals surface area contributed by atoms with E-state index in [1.54, 1.807) is 42.7 Å². The molecule has 1 fully saturated rings. The van der Waals surface area contributed by atoms with Crippen LogP contribution in [0, 0.1) is 0 Å². The number of carbonyl (C=O) groups is 2. The maximum absolute atomic E-state index is 13.1. The number of Topliss-reactive ketones (excluding diaryl/α,β-unsaturated/α-hetero) is 1. The summed E-state index contributed by atoms with van der Waals surface area (Å²) in [6.07, 6.45) is 3.22. The van der Waals surface area contributed by atoms with Crippen LogP contribution in [-0.2, 0) is 16.1 Å². The molecular formula is C25H20N2O5. The van der Waals surface area contributed by atoms with Crippen molar-refractivity contribution in [3.63, 3.8) is 0 Å². The zero-order valence-corrected chi connectivity index (χ0v) is 17.1. The molecule has 2 aliphatic rings. The fourth-order valence-electron chi connectivity index (χ4n) is 4.05. The van der Waals surface area contributed by atoms with E-state index in [1.807, 2.05) is 30.3 Å². The molecule has 5 rings (SSSR count). The lowest BCUT2D eigenvalue weighted by Gasteiger charge is -2.25. The Kier molecular flexibility index (Phi) is 5.07. The van der Waals surface area contributed by atoms with Crippen LogP contribution < -0.4 is 9.47 Å². The molecule has 1 saturated heterocycles. The maximum Gasteiger partial charge on any atom is 0.295 e. The van der Waals surface area contributed by atoms with E-state index in [-0.39, 0.29) is 17.9 Å². The van der Waals surface area contributed by atoms with Gasteiger partial charge in [-0.3, -0.25) is 14.6 Å². The van der Waals surface area contributed by atoms with E-state index in [0.717, 1.165) is 5.56 Å². The average molecular weight is 428 g/mol. The lowest BCUT2D eigenvalue weighted by Crippen LogP contribution is -2.29. The van der Waals surface area contributed by atoms with Gasteiger partial charge in [0, 0.05) is 24.5 Å². The van der Waals surface area contributed by atoms with Crippen molar-refractivity contribution in [1.29, 1.82) is 0 Å². The summed E-state index contributed by atoms with van der Waals surface area (Å²) >= 11 is 0. The molecule has 160 valence electrons. The zero-order chi connectivity index (χ0) is 22.1. The highest BCUT2D eigenvalue weighted by molar-refractivity contribution is 6.46. The first kappa shape index (κ1) is 19.8. The molecule has 1 N–H and O–H groups in total. The summed E-state index contributed by atoms with van der Waals surface area (Å²) in [4.78, 5) is 31.8. The Bertz CT molecular complexity index is 1210. The van der Waals surface area contributed by atoms with Crippen LogP contribution in [0.1, 0.15) is 22.7 Å². The van der Waals surface area contributed by atoms with E-state index in [4.69, 9.17) is 9.47 Å². The van der Waals surface area contributed by atoms with Gasteiger partial charge >= 0.3 is 0 Å². The second-order valence-electron chi connectivity index (χ2n) is 7.56. The highest BCUT2D eigenvalue weighted by Gasteiger charge is 2.46. The van der Waals surface area contributed by atoms with Crippen LogP contribution in [-0.4, -0.2) is 39.9 Å². The van der Waals surface area contributed by atoms with Crippen molar-refractivity contribution in [2.75, 3.05) is 13.2 Å². The van der Waals surface area contributed by atoms with Gasteiger partial charge in [-0.05, 0) is 35.4 Å². The van der Waals surface area contributed by atoms with E-state index in [9.17, 15) is 14.7 Å². The van der Waals surface area contributed by atoms with E-state index >= 15 is 0 Å². The van der Waals surface area contributed by atoms with Gasteiger partial charge in [0.05, 0.1) is 11.6 Å². The monoisotopic (exact) mass is 428 g/mol. The summed E-state index contributed by atoms with van der Waals surface area (Å²) in [5.74, 6) is -0.605. The molecule has 7 nitrogen and oxygen atoms in total. The van der Waals surface area contributed by atoms with Gasteiger partial charge in [0.1, 0.15) is 19.0 Å². The maximum atomic E-state index is 13.1. The van der Waals surface area contributed by atoms with Crippen LogP contribution in [0.25, 0.3) is 5.76 Å². The van der Waals surface area contributed by atoms with Crippen LogP contribution in [0.15, 0.2) is 78.6 Å². The Hall–Kier alpha value is -4.13. The molecule has 0 spiro atoms. The summed E-state index contributed by atoms with van der Waals surface area (Å²) in [5.41, 5.74) is 1.92. The van der Waals surface area contributed by atoms with E-state index in [2.05, 4.69) is 4.98 Å². The summed E-state index contributed by atoms with van der Waals surface area (Å²) in [7, 11) is 0. The smallest absolute Gasteiger partial charge is 0.295 e. The molecule has 1 atom stereocenters. The Morgan fingerprint density at radius 1 is 1.00 bits per heavy atom. The first-order valence-corrected chi connectivity index (χ1v) is 10.3. The van der Waals surface area contributed by atoms with Gasteiger partial charge in [0.2, 0.25) is 0 Å². The molecule has 3 heterocycles. The minimum absolute atomic E-state index is 0.0237. The van der Waals surface area contributed by atoms with Crippen molar-refractivity contribution in [3.8, 4) is 11.5 Å². The Morgan fingerprint density at radius 2 is 1.78 bits per heavy atom. The van der Waals surface area contributed by atoms with E-state index < -0.39 is 17.7 Å². The second-order valence-corrected chi connectivity index (χ2v) is 7.56. The van der Waals surface area contributed by atoms with Crippen molar-refractivity contribution in [1.82, 2.24) is 9.88 Å². The van der Waals surface area contributed by atoms with Gasteiger partial charge < -0.3 is 19.5 Å². The summed E-state index contributed by atoms with van der Waals surface area (Å²) in [6.45, 7) is 1.07. The van der Waals surface area contributed by atoms with E-state index in [0.29, 0.717) is 35.8 Å². The molecule has 3 aromatic rings. The summed E-state index contributed by atoms with van der Waals surface area (Å²) < 4.78 is 11.1. The fraction of sp³-hybridized carbons (Fsp3) is 0.160. The Morgan fingerprint density at radius 3 is 2.53 bits per heavy atom. The first-order valence-electron chi connectivity index (χ1n) is 10.3. The van der Waals surface area contributed by atoms with Crippen LogP contribution in [0.5, 0.6) is 11.5 Å². The van der Waals surface area contributed by atoms with Crippen LogP contribution in [0.3, 0.4) is 0 Å². The van der Waals surface area contributed by atoms with Crippen molar-refractivity contribution in [3.05, 3.63) is 95.3 Å². The predicted octanol–water partition coefficient (Wildman–Crippen LogP) is 3.47. The number of benzene rings is 2. The van der Waals surface area contributed by atoms with Crippen molar-refractivity contribution in [2.45, 2.75) is 12.6 Å². The average Bonchev–Trinajstić information content (AvgIpc) is 3.09. The molecule has 2 aliphatic heterocycles. The molecule has 0 bridgehead atoms. The number of nitrogens with zero attached hydrogens (tertiary/aromatic N) is 2. The third-order valence-electron chi connectivity index (χ3n) is 5.55. The highest BCUT2D eigenvalue weighted by Crippen LogP contribution is 2.41. The highest BCUT2D eigenvalue weighted by atomic mass is 16.6. The van der Waals surface area contributed by atoms with Gasteiger partial charge in [-0.15, -0.1) is 0 Å². The number of amides is 1. The molecule has 1 amide bonds. The number of hydrogen-bond acceptors (Lipinski definition) is 6. The van der Waals surface area contributed by atoms with Gasteiger partial charge in [-0.2, -0.15) is 0 Å². The molecule has 32 heavy (non-hydrogen) atoms. The molecule has 0 unspecified atom stereocenters. The number of pyridine rings is 1. The SMILES string of the molecule is O=C1C(=O)N(Cc2ccccc2)[C@@H](c2cccnc2)C1=C(O)c1ccc2c(c1)OCCO2. The standard InChI is InChI=1S/C25H20N2O5/c28-23(17-8-9-19-20(13-17)32-12-11-31-19)21-22(18-7-4-10-26-14-18)27(25(30)24(21)29)15-16-5-2-1-3-6-16/h1-10,13-14,22,28H,11-12,15H2/t22-/m0/s1. The van der Waals surface area contributed by atoms with Crippen LogP contribution in [0.2, 0.25) is 0 Å². The zero-order valence-electron chi connectivity index (χ0n) is 17.1. The number of likely N-dealkylation sites (tertiary alicyclic amines) is 1. The van der Waals surface area contributed by atoms with Crippen LogP contribution >= 0.6 is 0 Å². The summed E-state index contributed by atoms with van der Waals surface area (Å²) in [6, 6.07) is 17.1. The number of aromatic nitrogens is 1. The molecule has 7 heteroatoms. The molecule has 0 aliphatic carbocycles. The topological polar surface area (TPSA) is 89.0 Å². The predicted molar refractivity (Wildman–Crippen MR) is 116 cm³/mol.